The molecule has 0 amide bonds. The Morgan fingerprint density at radius 3 is 2.77 bits per heavy atom. The van der Waals surface area contributed by atoms with E-state index < -0.39 is 36.1 Å². The van der Waals surface area contributed by atoms with E-state index in [0.29, 0.717) is 24.3 Å². The van der Waals surface area contributed by atoms with Crippen molar-refractivity contribution in [1.82, 2.24) is 19.5 Å². The summed E-state index contributed by atoms with van der Waals surface area (Å²) in [4.78, 5) is 37.8. The van der Waals surface area contributed by atoms with Gasteiger partial charge in [-0.15, -0.1) is 6.42 Å². The zero-order chi connectivity index (χ0) is 27.4. The van der Waals surface area contributed by atoms with Gasteiger partial charge in [0.25, 0.3) is 0 Å². The molecule has 10 nitrogen and oxygen atoms in total. The van der Waals surface area contributed by atoms with E-state index in [-0.39, 0.29) is 30.0 Å². The maximum Gasteiger partial charge on any atom is 0.332 e. The number of anilines is 1. The summed E-state index contributed by atoms with van der Waals surface area (Å²) in [7, 11) is 0. The first-order chi connectivity index (χ1) is 18.9. The minimum atomic E-state index is -1.78. The Hall–Kier alpha value is -4.82. The van der Waals surface area contributed by atoms with Crippen LogP contribution in [-0.4, -0.2) is 57.4 Å². The molecule has 4 aromatic rings. The molecule has 198 valence electrons. The van der Waals surface area contributed by atoms with Crippen molar-refractivity contribution in [3.05, 3.63) is 78.1 Å². The third kappa shape index (κ3) is 5.28. The summed E-state index contributed by atoms with van der Waals surface area (Å²) in [6.45, 7) is 0.241. The summed E-state index contributed by atoms with van der Waals surface area (Å²) in [5.41, 5.74) is 5.89. The highest BCUT2D eigenvalue weighted by Crippen LogP contribution is 2.30. The second-order valence-electron chi connectivity index (χ2n) is 8.98. The van der Waals surface area contributed by atoms with Gasteiger partial charge in [-0.05, 0) is 23.3 Å². The van der Waals surface area contributed by atoms with E-state index in [1.54, 1.807) is 36.4 Å². The van der Waals surface area contributed by atoms with Gasteiger partial charge in [0.15, 0.2) is 22.4 Å². The molecule has 39 heavy (non-hydrogen) atoms. The van der Waals surface area contributed by atoms with Crippen LogP contribution < -0.4 is 5.73 Å². The van der Waals surface area contributed by atoms with Crippen LogP contribution in [0.4, 0.5) is 10.2 Å². The number of hydrogen-bond acceptors (Lipinski definition) is 9. The molecule has 1 unspecified atom stereocenters. The predicted octanol–water partition coefficient (Wildman–Crippen LogP) is 2.53. The smallest absolute Gasteiger partial charge is 0.332 e. The minimum Gasteiger partial charge on any atom is -0.463 e. The zero-order valence-corrected chi connectivity index (χ0v) is 20.7. The van der Waals surface area contributed by atoms with Crippen molar-refractivity contribution in [1.29, 1.82) is 0 Å². The van der Waals surface area contributed by atoms with Gasteiger partial charge in [0.1, 0.15) is 19.0 Å². The molecule has 0 aliphatic carbocycles. The first-order valence-corrected chi connectivity index (χ1v) is 12.1. The molecule has 1 saturated heterocycles. The molecular weight excluding hydrogens is 505 g/mol. The van der Waals surface area contributed by atoms with Crippen LogP contribution in [0, 0.1) is 18.4 Å². The summed E-state index contributed by atoms with van der Waals surface area (Å²) < 4.78 is 32.0. The fourth-order valence-corrected chi connectivity index (χ4v) is 4.31. The Bertz CT molecular complexity index is 1560. The largest absolute Gasteiger partial charge is 0.463 e. The third-order valence-electron chi connectivity index (χ3n) is 6.41. The van der Waals surface area contributed by atoms with Crippen molar-refractivity contribution in [2.45, 2.75) is 24.4 Å². The number of hydrogen-bond donors (Lipinski definition) is 1. The number of esters is 2. The summed E-state index contributed by atoms with van der Waals surface area (Å²) in [5.74, 6) is 1.11. The van der Waals surface area contributed by atoms with Gasteiger partial charge in [-0.1, -0.05) is 48.4 Å². The summed E-state index contributed by atoms with van der Waals surface area (Å²) in [5, 5.41) is 0. The highest BCUT2D eigenvalue weighted by Gasteiger charge is 2.44. The number of nitrogens with two attached hydrogens (primary N) is 1. The average molecular weight is 530 g/mol. The van der Waals surface area contributed by atoms with E-state index in [0.717, 1.165) is 5.56 Å². The molecular formula is C28H24FN5O5. The zero-order valence-electron chi connectivity index (χ0n) is 20.7. The topological polar surface area (TPSA) is 131 Å². The summed E-state index contributed by atoms with van der Waals surface area (Å²) in [6, 6.07) is 15.6. The first-order valence-electron chi connectivity index (χ1n) is 12.1. The normalized spacial score (nSPS) is 16.4. The first kappa shape index (κ1) is 25.8. The second-order valence-corrected chi connectivity index (χ2v) is 8.98. The van der Waals surface area contributed by atoms with Crippen LogP contribution in [0.2, 0.25) is 0 Å². The number of rotatable bonds is 8. The Kier molecular flexibility index (Phi) is 7.21. The maximum absolute atomic E-state index is 13.9. The fourth-order valence-electron chi connectivity index (χ4n) is 4.31. The van der Waals surface area contributed by atoms with Gasteiger partial charge in [-0.3, -0.25) is 9.36 Å². The van der Waals surface area contributed by atoms with Crippen molar-refractivity contribution in [3.63, 3.8) is 0 Å². The lowest BCUT2D eigenvalue weighted by Gasteiger charge is -2.28. The van der Waals surface area contributed by atoms with Crippen LogP contribution in [0.25, 0.3) is 16.9 Å². The lowest BCUT2D eigenvalue weighted by molar-refractivity contribution is -0.158. The molecule has 0 saturated carbocycles. The van der Waals surface area contributed by atoms with E-state index in [1.807, 2.05) is 18.2 Å². The van der Waals surface area contributed by atoms with Gasteiger partial charge in [0.05, 0.1) is 19.6 Å². The number of halogens is 1. The van der Waals surface area contributed by atoms with Gasteiger partial charge in [0.2, 0.25) is 0 Å². The summed E-state index contributed by atoms with van der Waals surface area (Å²) in [6.07, 6.45) is 6.41. The Labute approximate surface area is 222 Å². The standard InChI is InChI=1S/C28H24FN5O5/c1-2-28(26(36)39-21-11-12-37-15-21,16-38-22(35)13-18-7-4-3-5-8-18)19-9-6-10-20(14-19)34-17-31-23-24(30)32-27(29)33-25(23)34/h1,3-10,14,17,21H,11-13,15-16H2,(H2,30,32,33)/t21?,28-/m0/s1. The van der Waals surface area contributed by atoms with Crippen molar-refractivity contribution in [2.75, 3.05) is 25.6 Å². The SMILES string of the molecule is C#C[C@@](COC(=O)Cc1ccccc1)(C(=O)OC1CCOC1)c1cccc(-n2cnc3c(N)nc(F)nc32)c1. The van der Waals surface area contributed by atoms with Gasteiger partial charge in [0, 0.05) is 12.1 Å². The predicted molar refractivity (Wildman–Crippen MR) is 138 cm³/mol. The molecule has 1 aliphatic heterocycles. The molecule has 1 aliphatic rings. The van der Waals surface area contributed by atoms with Crippen LogP contribution in [0.1, 0.15) is 17.5 Å². The molecule has 1 fully saturated rings. The third-order valence-corrected chi connectivity index (χ3v) is 6.41. The molecule has 2 aromatic carbocycles. The molecule has 0 bridgehead atoms. The van der Waals surface area contributed by atoms with Gasteiger partial charge < -0.3 is 19.9 Å². The highest BCUT2D eigenvalue weighted by atomic mass is 19.1. The molecule has 2 aromatic heterocycles. The Morgan fingerprint density at radius 1 is 1.21 bits per heavy atom. The number of benzene rings is 2. The number of terminal acetylenes is 1. The van der Waals surface area contributed by atoms with Crippen molar-refractivity contribution in [2.24, 2.45) is 0 Å². The Morgan fingerprint density at radius 2 is 2.03 bits per heavy atom. The van der Waals surface area contributed by atoms with Crippen LogP contribution in [0.3, 0.4) is 0 Å². The molecule has 0 radical (unpaired) electrons. The molecule has 0 spiro atoms. The van der Waals surface area contributed by atoms with E-state index in [4.69, 9.17) is 26.4 Å². The number of nitrogen functional groups attached to an aromatic ring is 1. The van der Waals surface area contributed by atoms with Crippen molar-refractivity contribution in [3.8, 4) is 18.0 Å². The number of nitrogens with zero attached hydrogens (tertiary/aromatic N) is 4. The van der Waals surface area contributed by atoms with Crippen LogP contribution in [0.15, 0.2) is 60.9 Å². The lowest BCUT2D eigenvalue weighted by Crippen LogP contribution is -2.43. The number of imidazole rings is 1. The number of ether oxygens (including phenoxy) is 3. The second kappa shape index (κ2) is 10.9. The number of carbonyl (C=O) groups excluding carboxylic acids is 2. The number of fused-ring (bicyclic) bond motifs is 1. The molecule has 5 rings (SSSR count). The number of aromatic nitrogens is 4. The van der Waals surface area contributed by atoms with Crippen molar-refractivity contribution < 1.29 is 28.2 Å². The van der Waals surface area contributed by atoms with E-state index >= 15 is 0 Å². The van der Waals surface area contributed by atoms with E-state index in [1.165, 1.54) is 10.9 Å². The van der Waals surface area contributed by atoms with Gasteiger partial charge in [-0.25, -0.2) is 9.78 Å². The van der Waals surface area contributed by atoms with Crippen LogP contribution in [-0.2, 0) is 35.6 Å². The van der Waals surface area contributed by atoms with Gasteiger partial charge in [-0.2, -0.15) is 14.4 Å². The highest BCUT2D eigenvalue weighted by molar-refractivity contribution is 5.89. The average Bonchev–Trinajstić information content (AvgIpc) is 3.60. The maximum atomic E-state index is 13.9. The molecule has 11 heteroatoms. The van der Waals surface area contributed by atoms with Crippen LogP contribution in [0.5, 0.6) is 0 Å². The quantitative estimate of drug-likeness (QED) is 0.208. The van der Waals surface area contributed by atoms with Gasteiger partial charge >= 0.3 is 18.0 Å². The molecule has 2 atom stereocenters. The van der Waals surface area contributed by atoms with E-state index in [9.17, 15) is 14.0 Å². The molecule has 2 N–H and O–H groups in total. The minimum absolute atomic E-state index is 0.000755. The van der Waals surface area contributed by atoms with E-state index in [2.05, 4.69) is 20.9 Å². The summed E-state index contributed by atoms with van der Waals surface area (Å²) >= 11 is 0. The van der Waals surface area contributed by atoms with Crippen molar-refractivity contribution >= 4 is 28.9 Å². The fraction of sp³-hybridized carbons (Fsp3) is 0.250. The lowest BCUT2D eigenvalue weighted by atomic mass is 9.81. The van der Waals surface area contributed by atoms with Crippen LogP contribution >= 0.6 is 0 Å². The number of carbonyl (C=O) groups is 2. The molecule has 3 heterocycles. The monoisotopic (exact) mass is 529 g/mol. The Balaban J connectivity index is 1.50.